The maximum Gasteiger partial charge on any atom is 0.257 e. The van der Waals surface area contributed by atoms with Gasteiger partial charge in [-0.05, 0) is 31.2 Å². The van der Waals surface area contributed by atoms with Crippen molar-refractivity contribution in [2.45, 2.75) is 6.92 Å². The predicted molar refractivity (Wildman–Crippen MR) is 67.8 cm³/mol. The molecule has 0 aliphatic rings. The first-order valence-electron chi connectivity index (χ1n) is 5.17. The Morgan fingerprint density at radius 1 is 1.28 bits per heavy atom. The Bertz CT molecular complexity index is 584. The molecule has 5 nitrogen and oxygen atoms in total. The van der Waals surface area contributed by atoms with Crippen molar-refractivity contribution in [3.05, 3.63) is 46.6 Å². The molecule has 0 atom stereocenters. The Balaban J connectivity index is 2.22. The van der Waals surface area contributed by atoms with Crippen molar-refractivity contribution in [1.29, 1.82) is 0 Å². The van der Waals surface area contributed by atoms with Crippen LogP contribution in [-0.2, 0) is 0 Å². The molecule has 0 fully saturated rings. The van der Waals surface area contributed by atoms with E-state index in [2.05, 4.69) is 15.5 Å². The topological polar surface area (TPSA) is 75.1 Å². The molecule has 0 aliphatic carbocycles. The van der Waals surface area contributed by atoms with E-state index in [9.17, 15) is 9.90 Å². The van der Waals surface area contributed by atoms with Crippen LogP contribution in [0, 0.1) is 6.92 Å². The van der Waals surface area contributed by atoms with Crippen LogP contribution in [-0.4, -0.2) is 21.2 Å². The fourth-order valence-corrected chi connectivity index (χ4v) is 1.54. The van der Waals surface area contributed by atoms with Gasteiger partial charge in [0.2, 0.25) is 0 Å². The number of nitrogens with zero attached hydrogens (tertiary/aromatic N) is 2. The van der Waals surface area contributed by atoms with Crippen molar-refractivity contribution in [3.63, 3.8) is 0 Å². The van der Waals surface area contributed by atoms with E-state index in [1.807, 2.05) is 0 Å². The normalized spacial score (nSPS) is 10.1. The molecule has 0 bridgehead atoms. The van der Waals surface area contributed by atoms with E-state index in [1.165, 1.54) is 12.1 Å². The molecule has 2 aromatic rings. The maximum atomic E-state index is 11.9. The molecule has 1 amide bonds. The molecule has 0 aliphatic heterocycles. The SMILES string of the molecule is Cc1c(O)cccc1C(=O)Nc1ccc(Cl)nn1. The summed E-state index contributed by atoms with van der Waals surface area (Å²) in [5.41, 5.74) is 0.892. The number of hydrogen-bond acceptors (Lipinski definition) is 4. The van der Waals surface area contributed by atoms with Crippen LogP contribution in [0.2, 0.25) is 5.15 Å². The van der Waals surface area contributed by atoms with Gasteiger partial charge in [-0.1, -0.05) is 17.7 Å². The van der Waals surface area contributed by atoms with E-state index < -0.39 is 0 Å². The molecule has 2 rings (SSSR count). The van der Waals surface area contributed by atoms with Crippen molar-refractivity contribution in [3.8, 4) is 5.75 Å². The van der Waals surface area contributed by atoms with Crippen LogP contribution in [0.25, 0.3) is 0 Å². The summed E-state index contributed by atoms with van der Waals surface area (Å²) >= 11 is 5.59. The minimum absolute atomic E-state index is 0.0739. The van der Waals surface area contributed by atoms with Gasteiger partial charge in [0.1, 0.15) is 5.75 Å². The molecule has 1 aromatic carbocycles. The molecule has 0 saturated heterocycles. The second kappa shape index (κ2) is 5.01. The first-order chi connectivity index (χ1) is 8.58. The Morgan fingerprint density at radius 3 is 2.72 bits per heavy atom. The van der Waals surface area contributed by atoms with Gasteiger partial charge >= 0.3 is 0 Å². The van der Waals surface area contributed by atoms with Crippen molar-refractivity contribution in [1.82, 2.24) is 10.2 Å². The smallest absolute Gasteiger partial charge is 0.257 e. The highest BCUT2D eigenvalue weighted by Gasteiger charge is 2.12. The van der Waals surface area contributed by atoms with Gasteiger partial charge in [-0.25, -0.2) is 0 Å². The van der Waals surface area contributed by atoms with Gasteiger partial charge in [0.25, 0.3) is 5.91 Å². The standard InChI is InChI=1S/C12H10ClN3O2/c1-7-8(3-2-4-9(7)17)12(18)14-11-6-5-10(13)15-16-11/h2-6,17H,1H3,(H,14,16,18). The lowest BCUT2D eigenvalue weighted by Crippen LogP contribution is -2.14. The van der Waals surface area contributed by atoms with E-state index >= 15 is 0 Å². The Morgan fingerprint density at radius 2 is 2.06 bits per heavy atom. The fourth-order valence-electron chi connectivity index (χ4n) is 1.44. The van der Waals surface area contributed by atoms with Crippen LogP contribution in [0.3, 0.4) is 0 Å². The number of rotatable bonds is 2. The van der Waals surface area contributed by atoms with Crippen LogP contribution < -0.4 is 5.32 Å². The number of benzene rings is 1. The monoisotopic (exact) mass is 263 g/mol. The number of phenols is 1. The van der Waals surface area contributed by atoms with Gasteiger partial charge in [-0.3, -0.25) is 4.79 Å². The largest absolute Gasteiger partial charge is 0.508 e. The number of aromatic nitrogens is 2. The second-order valence-corrected chi connectivity index (χ2v) is 4.03. The average Bonchev–Trinajstić information content (AvgIpc) is 2.35. The molecule has 1 heterocycles. The van der Waals surface area contributed by atoms with Crippen LogP contribution in [0.1, 0.15) is 15.9 Å². The summed E-state index contributed by atoms with van der Waals surface area (Å²) in [6.45, 7) is 1.66. The van der Waals surface area contributed by atoms with Gasteiger partial charge in [-0.15, -0.1) is 10.2 Å². The van der Waals surface area contributed by atoms with Gasteiger partial charge in [-0.2, -0.15) is 0 Å². The van der Waals surface area contributed by atoms with Crippen molar-refractivity contribution in [2.75, 3.05) is 5.32 Å². The Labute approximate surface area is 108 Å². The first-order valence-corrected chi connectivity index (χ1v) is 5.55. The summed E-state index contributed by atoms with van der Waals surface area (Å²) < 4.78 is 0. The van der Waals surface area contributed by atoms with E-state index in [-0.39, 0.29) is 16.8 Å². The number of amides is 1. The molecule has 0 spiro atoms. The summed E-state index contributed by atoms with van der Waals surface area (Å²) in [5.74, 6) is 0.0111. The lowest BCUT2D eigenvalue weighted by atomic mass is 10.1. The highest BCUT2D eigenvalue weighted by molar-refractivity contribution is 6.29. The van der Waals surface area contributed by atoms with Gasteiger partial charge < -0.3 is 10.4 Å². The minimum atomic E-state index is -0.361. The number of carbonyl (C=O) groups excluding carboxylic acids is 1. The lowest BCUT2D eigenvalue weighted by Gasteiger charge is -2.07. The number of anilines is 1. The van der Waals surface area contributed by atoms with Gasteiger partial charge in [0.05, 0.1) is 0 Å². The number of halogens is 1. The minimum Gasteiger partial charge on any atom is -0.508 e. The van der Waals surface area contributed by atoms with E-state index in [1.54, 1.807) is 25.1 Å². The second-order valence-electron chi connectivity index (χ2n) is 3.65. The zero-order chi connectivity index (χ0) is 13.1. The molecule has 0 saturated carbocycles. The number of carbonyl (C=O) groups is 1. The highest BCUT2D eigenvalue weighted by atomic mass is 35.5. The summed E-state index contributed by atoms with van der Waals surface area (Å²) in [5, 5.41) is 19.7. The Kier molecular flexibility index (Phi) is 3.43. The number of aromatic hydroxyl groups is 1. The van der Waals surface area contributed by atoms with Crippen LogP contribution in [0.4, 0.5) is 5.82 Å². The summed E-state index contributed by atoms with van der Waals surface area (Å²) in [4.78, 5) is 11.9. The molecule has 18 heavy (non-hydrogen) atoms. The van der Waals surface area contributed by atoms with E-state index in [4.69, 9.17) is 11.6 Å². The predicted octanol–water partition coefficient (Wildman–Crippen LogP) is 2.40. The van der Waals surface area contributed by atoms with Crippen molar-refractivity contribution >= 4 is 23.3 Å². The van der Waals surface area contributed by atoms with Crippen molar-refractivity contribution < 1.29 is 9.90 Å². The third kappa shape index (κ3) is 2.57. The van der Waals surface area contributed by atoms with Crippen LogP contribution in [0.15, 0.2) is 30.3 Å². The third-order valence-electron chi connectivity index (χ3n) is 2.42. The molecule has 6 heteroatoms. The highest BCUT2D eigenvalue weighted by Crippen LogP contribution is 2.20. The van der Waals surface area contributed by atoms with Crippen LogP contribution in [0.5, 0.6) is 5.75 Å². The summed E-state index contributed by atoms with van der Waals surface area (Å²) in [7, 11) is 0. The summed E-state index contributed by atoms with van der Waals surface area (Å²) in [6.07, 6.45) is 0. The van der Waals surface area contributed by atoms with Gasteiger partial charge in [0, 0.05) is 11.1 Å². The quantitative estimate of drug-likeness (QED) is 0.872. The van der Waals surface area contributed by atoms with Crippen LogP contribution >= 0.6 is 11.6 Å². The molecular weight excluding hydrogens is 254 g/mol. The Hall–Kier alpha value is -2.14. The number of hydrogen-bond donors (Lipinski definition) is 2. The summed E-state index contributed by atoms with van der Waals surface area (Å²) in [6, 6.07) is 7.82. The van der Waals surface area contributed by atoms with Gasteiger partial charge in [0.15, 0.2) is 11.0 Å². The average molecular weight is 264 g/mol. The molecule has 0 radical (unpaired) electrons. The lowest BCUT2D eigenvalue weighted by molar-refractivity contribution is 0.102. The zero-order valence-electron chi connectivity index (χ0n) is 9.51. The first kappa shape index (κ1) is 12.3. The van der Waals surface area contributed by atoms with E-state index in [0.717, 1.165) is 0 Å². The molecule has 92 valence electrons. The van der Waals surface area contributed by atoms with E-state index in [0.29, 0.717) is 16.9 Å². The molecule has 1 aromatic heterocycles. The van der Waals surface area contributed by atoms with Crippen molar-refractivity contribution in [2.24, 2.45) is 0 Å². The number of nitrogens with one attached hydrogen (secondary N) is 1. The zero-order valence-corrected chi connectivity index (χ0v) is 10.3. The number of phenolic OH excluding ortho intramolecular Hbond substituents is 1. The molecule has 2 N–H and O–H groups in total. The third-order valence-corrected chi connectivity index (χ3v) is 2.63. The molecular formula is C12H10ClN3O2. The fraction of sp³-hybridized carbons (Fsp3) is 0.0833. The maximum absolute atomic E-state index is 11.9. The molecule has 0 unspecified atom stereocenters.